The molecular weight excluding hydrogens is 371 g/mol. The van der Waals surface area contributed by atoms with E-state index in [-0.39, 0.29) is 24.0 Å². The maximum absolute atomic E-state index is 14.6. The third kappa shape index (κ3) is 6.31. The standard InChI is InChI=1S/C19H30ClFN4O2/c1-13(12-26-4)24-19(22-3)23-10-17(25-8-9-27-14(2)11-25)18-15(20)6-5-7-16(18)21/h5-7,13-14,17H,8-12H2,1-4H3,(H2,22,23,24). The Bertz CT molecular complexity index is 611. The summed E-state index contributed by atoms with van der Waals surface area (Å²) in [6, 6.07) is 4.66. The van der Waals surface area contributed by atoms with Gasteiger partial charge in [-0.15, -0.1) is 0 Å². The zero-order valence-corrected chi connectivity index (χ0v) is 17.2. The highest BCUT2D eigenvalue weighted by atomic mass is 35.5. The summed E-state index contributed by atoms with van der Waals surface area (Å²) in [6.07, 6.45) is 0.0889. The van der Waals surface area contributed by atoms with Crippen molar-refractivity contribution in [2.24, 2.45) is 4.99 Å². The summed E-state index contributed by atoms with van der Waals surface area (Å²) in [4.78, 5) is 6.46. The van der Waals surface area contributed by atoms with Gasteiger partial charge in [-0.25, -0.2) is 4.39 Å². The zero-order valence-electron chi connectivity index (χ0n) is 16.5. The largest absolute Gasteiger partial charge is 0.383 e. The van der Waals surface area contributed by atoms with E-state index in [2.05, 4.69) is 20.5 Å². The van der Waals surface area contributed by atoms with Gasteiger partial charge in [0.2, 0.25) is 0 Å². The van der Waals surface area contributed by atoms with Gasteiger partial charge >= 0.3 is 0 Å². The number of halogens is 2. The maximum Gasteiger partial charge on any atom is 0.191 e. The highest BCUT2D eigenvalue weighted by molar-refractivity contribution is 6.31. The lowest BCUT2D eigenvalue weighted by molar-refractivity contribution is -0.0343. The molecule has 0 aromatic heterocycles. The number of methoxy groups -OCH3 is 1. The van der Waals surface area contributed by atoms with Crippen molar-refractivity contribution in [3.05, 3.63) is 34.6 Å². The Morgan fingerprint density at radius 2 is 2.30 bits per heavy atom. The number of aliphatic imine (C=N–C) groups is 1. The van der Waals surface area contributed by atoms with Crippen molar-refractivity contribution in [2.75, 3.05) is 47.0 Å². The Morgan fingerprint density at radius 3 is 2.93 bits per heavy atom. The van der Waals surface area contributed by atoms with E-state index in [9.17, 15) is 4.39 Å². The molecule has 3 unspecified atom stereocenters. The zero-order chi connectivity index (χ0) is 19.8. The van der Waals surface area contributed by atoms with E-state index in [0.717, 1.165) is 0 Å². The van der Waals surface area contributed by atoms with Gasteiger partial charge < -0.3 is 20.1 Å². The average molecular weight is 401 g/mol. The van der Waals surface area contributed by atoms with E-state index in [1.165, 1.54) is 6.07 Å². The minimum absolute atomic E-state index is 0.0889. The predicted molar refractivity (Wildman–Crippen MR) is 107 cm³/mol. The normalized spacial score (nSPS) is 21.0. The quantitative estimate of drug-likeness (QED) is 0.544. The molecule has 1 saturated heterocycles. The number of rotatable bonds is 7. The Morgan fingerprint density at radius 1 is 1.52 bits per heavy atom. The van der Waals surface area contributed by atoms with Gasteiger partial charge in [0.25, 0.3) is 0 Å². The fourth-order valence-corrected chi connectivity index (χ4v) is 3.57. The third-order valence-corrected chi connectivity index (χ3v) is 4.86. The van der Waals surface area contributed by atoms with Gasteiger partial charge in [-0.05, 0) is 26.0 Å². The summed E-state index contributed by atoms with van der Waals surface area (Å²) >= 11 is 6.37. The minimum Gasteiger partial charge on any atom is -0.383 e. The van der Waals surface area contributed by atoms with Crippen LogP contribution in [-0.4, -0.2) is 70.0 Å². The smallest absolute Gasteiger partial charge is 0.191 e. The van der Waals surface area contributed by atoms with Crippen LogP contribution in [0.5, 0.6) is 0 Å². The molecule has 0 radical (unpaired) electrons. The molecule has 0 aliphatic carbocycles. The van der Waals surface area contributed by atoms with Gasteiger partial charge in [-0.2, -0.15) is 0 Å². The number of morpholine rings is 1. The van der Waals surface area contributed by atoms with Crippen LogP contribution in [0.25, 0.3) is 0 Å². The van der Waals surface area contributed by atoms with Crippen LogP contribution in [0.4, 0.5) is 4.39 Å². The summed E-state index contributed by atoms with van der Waals surface area (Å²) < 4.78 is 25.4. The van der Waals surface area contributed by atoms with Crippen molar-refractivity contribution in [3.63, 3.8) is 0 Å². The van der Waals surface area contributed by atoms with Gasteiger partial charge in [0, 0.05) is 50.4 Å². The van der Waals surface area contributed by atoms with Crippen LogP contribution in [0.15, 0.2) is 23.2 Å². The molecule has 8 heteroatoms. The van der Waals surface area contributed by atoms with Crippen LogP contribution in [0.1, 0.15) is 25.5 Å². The SMILES string of the molecule is CN=C(NCC(c1c(F)cccc1Cl)N1CCOC(C)C1)NC(C)COC. The second-order valence-electron chi connectivity index (χ2n) is 6.78. The summed E-state index contributed by atoms with van der Waals surface area (Å²) in [5.41, 5.74) is 0.501. The van der Waals surface area contributed by atoms with E-state index >= 15 is 0 Å². The van der Waals surface area contributed by atoms with Crippen molar-refractivity contribution in [3.8, 4) is 0 Å². The molecule has 0 spiro atoms. The van der Waals surface area contributed by atoms with Crippen LogP contribution >= 0.6 is 11.6 Å². The molecule has 2 rings (SSSR count). The van der Waals surface area contributed by atoms with Crippen molar-refractivity contribution in [1.29, 1.82) is 0 Å². The molecule has 1 aromatic carbocycles. The van der Waals surface area contributed by atoms with E-state index < -0.39 is 0 Å². The second-order valence-corrected chi connectivity index (χ2v) is 7.19. The first kappa shape index (κ1) is 21.9. The topological polar surface area (TPSA) is 58.1 Å². The van der Waals surface area contributed by atoms with Crippen LogP contribution in [0.3, 0.4) is 0 Å². The van der Waals surface area contributed by atoms with E-state index in [0.29, 0.717) is 49.4 Å². The second kappa shape index (κ2) is 10.8. The van der Waals surface area contributed by atoms with Crippen LogP contribution in [0, 0.1) is 5.82 Å². The van der Waals surface area contributed by atoms with Gasteiger partial charge in [-0.3, -0.25) is 9.89 Å². The van der Waals surface area contributed by atoms with Crippen LogP contribution in [-0.2, 0) is 9.47 Å². The monoisotopic (exact) mass is 400 g/mol. The number of benzene rings is 1. The molecular formula is C19H30ClFN4O2. The maximum atomic E-state index is 14.6. The first-order valence-corrected chi connectivity index (χ1v) is 9.59. The molecule has 6 nitrogen and oxygen atoms in total. The fourth-order valence-electron chi connectivity index (χ4n) is 3.28. The number of ether oxygens (including phenoxy) is 2. The Kier molecular flexibility index (Phi) is 8.76. The Labute approximate surface area is 166 Å². The van der Waals surface area contributed by atoms with E-state index in [1.807, 2.05) is 13.8 Å². The molecule has 0 saturated carbocycles. The summed E-state index contributed by atoms with van der Waals surface area (Å²) in [6.45, 7) is 7.09. The lowest BCUT2D eigenvalue weighted by Gasteiger charge is -2.38. The first-order valence-electron chi connectivity index (χ1n) is 9.22. The summed E-state index contributed by atoms with van der Waals surface area (Å²) in [5, 5.41) is 6.99. The number of hydrogen-bond donors (Lipinski definition) is 2. The van der Waals surface area contributed by atoms with Gasteiger partial charge in [0.1, 0.15) is 5.82 Å². The molecule has 1 heterocycles. The van der Waals surface area contributed by atoms with Crippen molar-refractivity contribution in [2.45, 2.75) is 32.0 Å². The number of nitrogens with zero attached hydrogens (tertiary/aromatic N) is 2. The van der Waals surface area contributed by atoms with Crippen molar-refractivity contribution >= 4 is 17.6 Å². The van der Waals surface area contributed by atoms with Gasteiger partial charge in [0.15, 0.2) is 5.96 Å². The fraction of sp³-hybridized carbons (Fsp3) is 0.632. The molecule has 1 fully saturated rings. The van der Waals surface area contributed by atoms with Crippen LogP contribution < -0.4 is 10.6 Å². The highest BCUT2D eigenvalue weighted by Crippen LogP contribution is 2.31. The van der Waals surface area contributed by atoms with E-state index in [4.69, 9.17) is 21.1 Å². The lowest BCUT2D eigenvalue weighted by Crippen LogP contribution is -2.50. The average Bonchev–Trinajstić information content (AvgIpc) is 2.63. The van der Waals surface area contributed by atoms with E-state index in [1.54, 1.807) is 26.3 Å². The van der Waals surface area contributed by atoms with Crippen molar-refractivity contribution in [1.82, 2.24) is 15.5 Å². The molecule has 0 bridgehead atoms. The Balaban J connectivity index is 2.17. The lowest BCUT2D eigenvalue weighted by atomic mass is 10.0. The van der Waals surface area contributed by atoms with Gasteiger partial charge in [-0.1, -0.05) is 17.7 Å². The number of nitrogens with one attached hydrogen (secondary N) is 2. The van der Waals surface area contributed by atoms with Crippen molar-refractivity contribution < 1.29 is 13.9 Å². The molecule has 27 heavy (non-hydrogen) atoms. The molecule has 1 aliphatic heterocycles. The molecule has 0 amide bonds. The third-order valence-electron chi connectivity index (χ3n) is 4.53. The van der Waals surface area contributed by atoms with Gasteiger partial charge in [0.05, 0.1) is 25.4 Å². The predicted octanol–water partition coefficient (Wildman–Crippen LogP) is 2.44. The highest BCUT2D eigenvalue weighted by Gasteiger charge is 2.29. The molecule has 2 N–H and O–H groups in total. The minimum atomic E-state index is -0.302. The summed E-state index contributed by atoms with van der Waals surface area (Å²) in [7, 11) is 3.36. The molecule has 1 aliphatic rings. The Hall–Kier alpha value is -1.41. The number of hydrogen-bond acceptors (Lipinski definition) is 4. The number of guanidine groups is 1. The summed E-state index contributed by atoms with van der Waals surface area (Å²) in [5.74, 6) is 0.336. The molecule has 152 valence electrons. The first-order chi connectivity index (χ1) is 13.0. The van der Waals surface area contributed by atoms with Crippen LogP contribution in [0.2, 0.25) is 5.02 Å². The molecule has 1 aromatic rings. The molecule has 3 atom stereocenters.